The molecule has 0 fully saturated rings. The molecule has 15 heavy (non-hydrogen) atoms. The Balaban J connectivity index is 2.52. The lowest BCUT2D eigenvalue weighted by Gasteiger charge is -2.20. The SMILES string of the molecule is NC(=O)C1C(=O)Nc2ccccc2C1=O. The van der Waals surface area contributed by atoms with Crippen molar-refractivity contribution in [2.45, 2.75) is 0 Å². The summed E-state index contributed by atoms with van der Waals surface area (Å²) in [4.78, 5) is 34.0. The highest BCUT2D eigenvalue weighted by atomic mass is 16.2. The van der Waals surface area contributed by atoms with Gasteiger partial charge in [-0.2, -0.15) is 0 Å². The Morgan fingerprint density at radius 3 is 2.60 bits per heavy atom. The number of carbonyl (C=O) groups excluding carboxylic acids is 3. The van der Waals surface area contributed by atoms with E-state index < -0.39 is 23.5 Å². The molecule has 3 N–H and O–H groups in total. The van der Waals surface area contributed by atoms with Crippen LogP contribution in [-0.4, -0.2) is 17.6 Å². The maximum absolute atomic E-state index is 11.7. The number of para-hydroxylation sites is 1. The van der Waals surface area contributed by atoms with Gasteiger partial charge >= 0.3 is 0 Å². The highest BCUT2D eigenvalue weighted by molar-refractivity contribution is 6.30. The molecule has 0 spiro atoms. The third-order valence-electron chi connectivity index (χ3n) is 2.26. The first-order chi connectivity index (χ1) is 7.11. The fraction of sp³-hybridized carbons (Fsp3) is 0.100. The quantitative estimate of drug-likeness (QED) is 0.627. The zero-order valence-electron chi connectivity index (χ0n) is 7.69. The summed E-state index contributed by atoms with van der Waals surface area (Å²) in [5.74, 6) is -3.53. The lowest BCUT2D eigenvalue weighted by atomic mass is 9.91. The van der Waals surface area contributed by atoms with Crippen LogP contribution in [0.15, 0.2) is 24.3 Å². The molecule has 76 valence electrons. The van der Waals surface area contributed by atoms with Crippen LogP contribution in [0.5, 0.6) is 0 Å². The molecule has 0 saturated heterocycles. The molecule has 0 saturated carbocycles. The number of hydrogen-bond donors (Lipinski definition) is 2. The monoisotopic (exact) mass is 204 g/mol. The first-order valence-electron chi connectivity index (χ1n) is 4.34. The predicted octanol–water partition coefficient (Wildman–Crippen LogP) is -0.0771. The molecule has 0 aliphatic carbocycles. The number of fused-ring (bicyclic) bond motifs is 1. The molecule has 1 unspecified atom stereocenters. The zero-order chi connectivity index (χ0) is 11.0. The van der Waals surface area contributed by atoms with Gasteiger partial charge in [-0.05, 0) is 12.1 Å². The van der Waals surface area contributed by atoms with Crippen LogP contribution in [0.3, 0.4) is 0 Å². The lowest BCUT2D eigenvalue weighted by Crippen LogP contribution is -2.43. The van der Waals surface area contributed by atoms with E-state index in [-0.39, 0.29) is 0 Å². The molecule has 1 aromatic rings. The molecule has 0 radical (unpaired) electrons. The smallest absolute Gasteiger partial charge is 0.244 e. The highest BCUT2D eigenvalue weighted by Crippen LogP contribution is 2.24. The van der Waals surface area contributed by atoms with Crippen molar-refractivity contribution in [2.75, 3.05) is 5.32 Å². The number of carbonyl (C=O) groups is 3. The minimum absolute atomic E-state index is 0.320. The van der Waals surface area contributed by atoms with Crippen LogP contribution in [-0.2, 0) is 9.59 Å². The first kappa shape index (κ1) is 9.39. The summed E-state index contributed by atoms with van der Waals surface area (Å²) in [6.45, 7) is 0. The molecule has 2 amide bonds. The molecule has 1 heterocycles. The number of nitrogens with one attached hydrogen (secondary N) is 1. The summed E-state index contributed by atoms with van der Waals surface area (Å²) in [7, 11) is 0. The van der Waals surface area contributed by atoms with Crippen molar-refractivity contribution in [1.29, 1.82) is 0 Å². The van der Waals surface area contributed by atoms with Crippen LogP contribution in [0.25, 0.3) is 0 Å². The molecule has 1 aliphatic heterocycles. The van der Waals surface area contributed by atoms with Gasteiger partial charge in [0.15, 0.2) is 11.7 Å². The summed E-state index contributed by atoms with van der Waals surface area (Å²) < 4.78 is 0. The minimum atomic E-state index is -1.40. The lowest BCUT2D eigenvalue weighted by molar-refractivity contribution is -0.128. The Morgan fingerprint density at radius 2 is 1.93 bits per heavy atom. The van der Waals surface area contributed by atoms with Gasteiger partial charge in [0.2, 0.25) is 11.8 Å². The van der Waals surface area contributed by atoms with E-state index in [9.17, 15) is 14.4 Å². The molecule has 0 bridgehead atoms. The summed E-state index contributed by atoms with van der Waals surface area (Å²) in [5.41, 5.74) is 5.73. The average Bonchev–Trinajstić information content (AvgIpc) is 2.17. The number of primary amides is 1. The van der Waals surface area contributed by atoms with E-state index in [1.807, 2.05) is 0 Å². The summed E-state index contributed by atoms with van der Waals surface area (Å²) in [6.07, 6.45) is 0. The van der Waals surface area contributed by atoms with E-state index in [0.29, 0.717) is 11.3 Å². The van der Waals surface area contributed by atoms with E-state index in [4.69, 9.17) is 5.73 Å². The van der Waals surface area contributed by atoms with Crippen molar-refractivity contribution in [3.05, 3.63) is 29.8 Å². The van der Waals surface area contributed by atoms with Crippen LogP contribution >= 0.6 is 0 Å². The second kappa shape index (κ2) is 3.20. The number of benzene rings is 1. The van der Waals surface area contributed by atoms with E-state index in [0.717, 1.165) is 0 Å². The van der Waals surface area contributed by atoms with Gasteiger partial charge in [-0.25, -0.2) is 0 Å². The Bertz CT molecular complexity index is 467. The van der Waals surface area contributed by atoms with Gasteiger partial charge in [-0.15, -0.1) is 0 Å². The number of anilines is 1. The highest BCUT2D eigenvalue weighted by Gasteiger charge is 2.38. The fourth-order valence-corrected chi connectivity index (χ4v) is 1.54. The van der Waals surface area contributed by atoms with Gasteiger partial charge < -0.3 is 11.1 Å². The molecule has 2 rings (SSSR count). The van der Waals surface area contributed by atoms with Crippen molar-refractivity contribution in [3.63, 3.8) is 0 Å². The third-order valence-corrected chi connectivity index (χ3v) is 2.26. The van der Waals surface area contributed by atoms with Gasteiger partial charge in [0.1, 0.15) is 0 Å². The number of hydrogen-bond acceptors (Lipinski definition) is 3. The summed E-state index contributed by atoms with van der Waals surface area (Å²) >= 11 is 0. The van der Waals surface area contributed by atoms with E-state index in [2.05, 4.69) is 5.32 Å². The van der Waals surface area contributed by atoms with Gasteiger partial charge in [0.05, 0.1) is 5.69 Å². The molecule has 5 heteroatoms. The van der Waals surface area contributed by atoms with Gasteiger partial charge in [-0.3, -0.25) is 14.4 Å². The molecular weight excluding hydrogens is 196 g/mol. The third kappa shape index (κ3) is 1.38. The second-order valence-corrected chi connectivity index (χ2v) is 3.23. The Kier molecular flexibility index (Phi) is 2.00. The Labute approximate surface area is 85.3 Å². The predicted molar refractivity (Wildman–Crippen MR) is 52.1 cm³/mol. The Morgan fingerprint density at radius 1 is 1.27 bits per heavy atom. The van der Waals surface area contributed by atoms with Gasteiger partial charge in [0, 0.05) is 5.56 Å². The van der Waals surface area contributed by atoms with Crippen molar-refractivity contribution >= 4 is 23.3 Å². The van der Waals surface area contributed by atoms with Crippen LogP contribution in [0.2, 0.25) is 0 Å². The zero-order valence-corrected chi connectivity index (χ0v) is 7.69. The molecule has 0 aromatic heterocycles. The first-order valence-corrected chi connectivity index (χ1v) is 4.34. The number of rotatable bonds is 1. The van der Waals surface area contributed by atoms with Crippen LogP contribution in [0.1, 0.15) is 10.4 Å². The topological polar surface area (TPSA) is 89.3 Å². The van der Waals surface area contributed by atoms with Crippen LogP contribution in [0, 0.1) is 5.92 Å². The summed E-state index contributed by atoms with van der Waals surface area (Å²) in [6, 6.07) is 6.50. The number of amides is 2. The minimum Gasteiger partial charge on any atom is -0.369 e. The molecule has 1 aliphatic rings. The molecular formula is C10H8N2O3. The van der Waals surface area contributed by atoms with Crippen LogP contribution < -0.4 is 11.1 Å². The molecule has 1 aromatic carbocycles. The van der Waals surface area contributed by atoms with Gasteiger partial charge in [-0.1, -0.05) is 12.1 Å². The standard InChI is InChI=1S/C10H8N2O3/c11-9(14)7-8(13)5-3-1-2-4-6(5)12-10(7)15/h1-4,7H,(H2,11,14)(H,12,15). The number of nitrogens with two attached hydrogens (primary N) is 1. The van der Waals surface area contributed by atoms with Crippen molar-refractivity contribution in [3.8, 4) is 0 Å². The van der Waals surface area contributed by atoms with E-state index in [1.54, 1.807) is 24.3 Å². The molecule has 1 atom stereocenters. The van der Waals surface area contributed by atoms with Crippen molar-refractivity contribution in [1.82, 2.24) is 0 Å². The van der Waals surface area contributed by atoms with Crippen molar-refractivity contribution in [2.24, 2.45) is 11.7 Å². The van der Waals surface area contributed by atoms with Crippen LogP contribution in [0.4, 0.5) is 5.69 Å². The molecule has 5 nitrogen and oxygen atoms in total. The fourth-order valence-electron chi connectivity index (χ4n) is 1.54. The number of Topliss-reactive ketones (excluding diaryl/α,β-unsaturated/α-hetero) is 1. The largest absolute Gasteiger partial charge is 0.369 e. The van der Waals surface area contributed by atoms with Crippen molar-refractivity contribution < 1.29 is 14.4 Å². The van der Waals surface area contributed by atoms with E-state index in [1.165, 1.54) is 0 Å². The summed E-state index contributed by atoms with van der Waals surface area (Å²) in [5, 5.41) is 2.46. The van der Waals surface area contributed by atoms with E-state index >= 15 is 0 Å². The average molecular weight is 204 g/mol. The number of ketones is 1. The Hall–Kier alpha value is -2.17. The maximum Gasteiger partial charge on any atom is 0.244 e. The maximum atomic E-state index is 11.7. The normalized spacial score (nSPS) is 19.3. The van der Waals surface area contributed by atoms with Gasteiger partial charge in [0.25, 0.3) is 0 Å². The second-order valence-electron chi connectivity index (χ2n) is 3.23.